The van der Waals surface area contributed by atoms with E-state index in [1.54, 1.807) is 56.0 Å². The maximum absolute atomic E-state index is 13.5. The molecule has 1 aliphatic rings. The lowest BCUT2D eigenvalue weighted by molar-refractivity contribution is 0.0572. The number of hydrogen-bond acceptors (Lipinski definition) is 8. The number of aromatic nitrogens is 3. The van der Waals surface area contributed by atoms with Gasteiger partial charge in [-0.15, -0.1) is 0 Å². The van der Waals surface area contributed by atoms with Crippen molar-refractivity contribution in [2.75, 3.05) is 24.5 Å². The van der Waals surface area contributed by atoms with Crippen LogP contribution in [0.3, 0.4) is 0 Å². The predicted molar refractivity (Wildman–Crippen MR) is 166 cm³/mol. The molecule has 0 N–H and O–H groups in total. The summed E-state index contributed by atoms with van der Waals surface area (Å²) >= 11 is 0. The molecule has 3 heterocycles. The van der Waals surface area contributed by atoms with E-state index >= 15 is 0 Å². The fourth-order valence-corrected chi connectivity index (χ4v) is 6.37. The molecule has 1 aliphatic heterocycles. The Hall–Kier alpha value is -4.45. The van der Waals surface area contributed by atoms with Gasteiger partial charge in [-0.05, 0) is 63.3 Å². The number of hydrogen-bond donors (Lipinski definition) is 0. The summed E-state index contributed by atoms with van der Waals surface area (Å²) in [6, 6.07) is 17.6. The number of carbonyl (C=O) groups is 2. The highest BCUT2D eigenvalue weighted by molar-refractivity contribution is 7.90. The fourth-order valence-electron chi connectivity index (χ4n) is 5.07. The smallest absolute Gasteiger partial charge is 0.416 e. The van der Waals surface area contributed by atoms with Gasteiger partial charge in [-0.3, -0.25) is 4.90 Å². The van der Waals surface area contributed by atoms with Crippen molar-refractivity contribution < 1.29 is 27.5 Å². The number of carbonyl (C=O) groups excluding carboxylic acids is 2. The molecular weight excluding hydrogens is 582 g/mol. The maximum Gasteiger partial charge on any atom is 0.416 e. The summed E-state index contributed by atoms with van der Waals surface area (Å²) in [6.07, 6.45) is 1.75. The highest BCUT2D eigenvalue weighted by Crippen LogP contribution is 2.29. The van der Waals surface area contributed by atoms with E-state index in [-0.39, 0.29) is 41.3 Å². The summed E-state index contributed by atoms with van der Waals surface area (Å²) in [5.41, 5.74) is 1.51. The van der Waals surface area contributed by atoms with Gasteiger partial charge in [0, 0.05) is 25.8 Å². The SMILES string of the molecule is Cc1ccc(S(=O)(=O)n2ccc3nc(N(C[C@H]4CN(C(=O)OCc5ccccc5)C[C@H]4C)C(=O)OC(C)(C)C)cnc32)cc1. The first-order chi connectivity index (χ1) is 20.8. The number of rotatable bonds is 7. The van der Waals surface area contributed by atoms with Gasteiger partial charge >= 0.3 is 12.2 Å². The zero-order chi connectivity index (χ0) is 31.6. The average Bonchev–Trinajstić information content (AvgIpc) is 3.57. The lowest BCUT2D eigenvalue weighted by Gasteiger charge is -2.29. The van der Waals surface area contributed by atoms with E-state index in [0.717, 1.165) is 15.1 Å². The minimum atomic E-state index is -3.92. The Morgan fingerprint density at radius 3 is 2.41 bits per heavy atom. The van der Waals surface area contributed by atoms with Crippen molar-refractivity contribution >= 4 is 39.2 Å². The molecule has 0 bridgehead atoms. The van der Waals surface area contributed by atoms with Crippen LogP contribution in [0.5, 0.6) is 0 Å². The Morgan fingerprint density at radius 2 is 1.73 bits per heavy atom. The Morgan fingerprint density at radius 1 is 1.02 bits per heavy atom. The molecule has 0 unspecified atom stereocenters. The third-order valence-corrected chi connectivity index (χ3v) is 9.14. The lowest BCUT2D eigenvalue weighted by atomic mass is 9.98. The highest BCUT2D eigenvalue weighted by Gasteiger charge is 2.37. The summed E-state index contributed by atoms with van der Waals surface area (Å²) < 4.78 is 39.0. The first kappa shape index (κ1) is 31.0. The number of nitrogens with zero attached hydrogens (tertiary/aromatic N) is 5. The molecule has 0 saturated carbocycles. The second-order valence-electron chi connectivity index (χ2n) is 12.1. The molecule has 5 rings (SSSR count). The van der Waals surface area contributed by atoms with Crippen molar-refractivity contribution in [2.45, 2.75) is 51.7 Å². The van der Waals surface area contributed by atoms with Gasteiger partial charge in [-0.25, -0.2) is 31.9 Å². The molecule has 2 aromatic carbocycles. The molecule has 2 aromatic heterocycles. The molecular formula is C32H37N5O6S. The van der Waals surface area contributed by atoms with E-state index in [9.17, 15) is 18.0 Å². The van der Waals surface area contributed by atoms with Crippen LogP contribution in [-0.4, -0.2) is 64.7 Å². The third-order valence-electron chi connectivity index (χ3n) is 7.46. The summed E-state index contributed by atoms with van der Waals surface area (Å²) in [5.74, 6) is 0.173. The van der Waals surface area contributed by atoms with Crippen LogP contribution in [-0.2, 0) is 26.1 Å². The number of ether oxygens (including phenoxy) is 2. The topological polar surface area (TPSA) is 124 Å². The Labute approximate surface area is 257 Å². The van der Waals surface area contributed by atoms with Crippen LogP contribution in [0.15, 0.2) is 78.0 Å². The largest absolute Gasteiger partial charge is 0.445 e. The summed E-state index contributed by atoms with van der Waals surface area (Å²) in [4.78, 5) is 38.6. The molecule has 4 aromatic rings. The van der Waals surface area contributed by atoms with E-state index in [4.69, 9.17) is 9.47 Å². The van der Waals surface area contributed by atoms with Gasteiger partial charge in [0.25, 0.3) is 10.0 Å². The van der Waals surface area contributed by atoms with E-state index in [1.165, 1.54) is 17.3 Å². The van der Waals surface area contributed by atoms with Gasteiger partial charge in [0.15, 0.2) is 11.5 Å². The number of likely N-dealkylation sites (tertiary alicyclic amines) is 1. The molecule has 44 heavy (non-hydrogen) atoms. The first-order valence-corrected chi connectivity index (χ1v) is 15.9. The second kappa shape index (κ2) is 12.3. The summed E-state index contributed by atoms with van der Waals surface area (Å²) in [6.45, 7) is 10.5. The van der Waals surface area contributed by atoms with Crippen LogP contribution in [0, 0.1) is 18.8 Å². The van der Waals surface area contributed by atoms with E-state index in [2.05, 4.69) is 9.97 Å². The number of amides is 2. The Kier molecular flexibility index (Phi) is 8.64. The molecule has 0 spiro atoms. The van der Waals surface area contributed by atoms with Crippen molar-refractivity contribution in [2.24, 2.45) is 11.8 Å². The fraction of sp³-hybridized carbons (Fsp3) is 0.375. The van der Waals surface area contributed by atoms with Gasteiger partial charge in [0.1, 0.15) is 17.7 Å². The summed E-state index contributed by atoms with van der Waals surface area (Å²) in [7, 11) is -3.92. The number of aryl methyl sites for hydroxylation is 1. The normalized spacial score (nSPS) is 17.1. The van der Waals surface area contributed by atoms with Gasteiger partial charge in [-0.2, -0.15) is 0 Å². The average molecular weight is 620 g/mol. The first-order valence-electron chi connectivity index (χ1n) is 14.4. The van der Waals surface area contributed by atoms with Gasteiger partial charge < -0.3 is 14.4 Å². The van der Waals surface area contributed by atoms with Crippen LogP contribution in [0.25, 0.3) is 11.2 Å². The van der Waals surface area contributed by atoms with E-state index < -0.39 is 27.8 Å². The predicted octanol–water partition coefficient (Wildman–Crippen LogP) is 5.62. The minimum absolute atomic E-state index is 0.0571. The molecule has 11 nitrogen and oxygen atoms in total. The van der Waals surface area contributed by atoms with Crippen molar-refractivity contribution in [1.82, 2.24) is 18.8 Å². The van der Waals surface area contributed by atoms with E-state index in [0.29, 0.717) is 18.6 Å². The second-order valence-corrected chi connectivity index (χ2v) is 14.0. The van der Waals surface area contributed by atoms with Crippen LogP contribution < -0.4 is 4.90 Å². The maximum atomic E-state index is 13.5. The van der Waals surface area contributed by atoms with Gasteiger partial charge in [-0.1, -0.05) is 55.0 Å². The minimum Gasteiger partial charge on any atom is -0.445 e. The molecule has 2 amide bonds. The van der Waals surface area contributed by atoms with Crippen LogP contribution in [0.1, 0.15) is 38.8 Å². The lowest BCUT2D eigenvalue weighted by Crippen LogP contribution is -2.41. The van der Waals surface area contributed by atoms with Gasteiger partial charge in [0.05, 0.1) is 11.1 Å². The third kappa shape index (κ3) is 6.85. The number of benzene rings is 2. The number of fused-ring (bicyclic) bond motifs is 1. The molecule has 1 fully saturated rings. The van der Waals surface area contributed by atoms with Crippen molar-refractivity contribution in [3.63, 3.8) is 0 Å². The van der Waals surface area contributed by atoms with Crippen LogP contribution in [0.4, 0.5) is 15.4 Å². The molecule has 232 valence electrons. The van der Waals surface area contributed by atoms with Crippen LogP contribution in [0.2, 0.25) is 0 Å². The molecule has 2 atom stereocenters. The van der Waals surface area contributed by atoms with Gasteiger partial charge in [0.2, 0.25) is 0 Å². The highest BCUT2D eigenvalue weighted by atomic mass is 32.2. The number of anilines is 1. The quantitative estimate of drug-likeness (QED) is 0.261. The zero-order valence-corrected chi connectivity index (χ0v) is 26.3. The molecule has 1 saturated heterocycles. The summed E-state index contributed by atoms with van der Waals surface area (Å²) in [5, 5.41) is 0. The Balaban J connectivity index is 1.37. The van der Waals surface area contributed by atoms with Crippen molar-refractivity contribution in [3.8, 4) is 0 Å². The zero-order valence-electron chi connectivity index (χ0n) is 25.5. The molecule has 0 radical (unpaired) electrons. The Bertz CT molecular complexity index is 1750. The van der Waals surface area contributed by atoms with Crippen molar-refractivity contribution in [3.05, 3.63) is 84.2 Å². The standard InChI is InChI=1S/C32H37N5O6S/c1-22-11-13-26(14-12-22)44(40,41)37-16-15-27-29(37)33-17-28(34-27)36(31(39)43-32(3,4)5)20-25-19-35(18-23(25)2)30(38)42-21-24-9-7-6-8-10-24/h6-17,23,25H,18-21H2,1-5H3/t23-,25-/m1/s1. The molecule has 12 heteroatoms. The molecule has 0 aliphatic carbocycles. The monoisotopic (exact) mass is 619 g/mol. The van der Waals surface area contributed by atoms with Crippen LogP contribution >= 0.6 is 0 Å². The van der Waals surface area contributed by atoms with Crippen molar-refractivity contribution in [1.29, 1.82) is 0 Å². The van der Waals surface area contributed by atoms with E-state index in [1.807, 2.05) is 44.2 Å².